The number of nitro groups is 1. The Balaban J connectivity index is 2.38. The van der Waals surface area contributed by atoms with Crippen LogP contribution in [0.1, 0.15) is 0 Å². The highest BCUT2D eigenvalue weighted by molar-refractivity contribution is 7.99. The van der Waals surface area contributed by atoms with E-state index in [2.05, 4.69) is 25.4 Å². The maximum absolute atomic E-state index is 10.8. The lowest BCUT2D eigenvalue weighted by Gasteiger charge is -2.01. The van der Waals surface area contributed by atoms with E-state index in [4.69, 9.17) is 5.84 Å². The Kier molecular flexibility index (Phi) is 3.16. The summed E-state index contributed by atoms with van der Waals surface area (Å²) in [7, 11) is 0. The molecule has 0 aliphatic heterocycles. The van der Waals surface area contributed by atoms with E-state index < -0.39 is 4.92 Å². The highest BCUT2D eigenvalue weighted by Gasteiger charge is 2.19. The molecule has 0 bridgehead atoms. The van der Waals surface area contributed by atoms with Crippen LogP contribution in [0.25, 0.3) is 0 Å². The summed E-state index contributed by atoms with van der Waals surface area (Å²) >= 11 is 1.02. The molecule has 10 heteroatoms. The zero-order valence-electron chi connectivity index (χ0n) is 8.32. The van der Waals surface area contributed by atoms with Gasteiger partial charge in [-0.15, -0.1) is 0 Å². The second kappa shape index (κ2) is 4.76. The first-order valence-electron chi connectivity index (χ1n) is 4.36. The number of nitrogens with zero attached hydrogens (tertiary/aromatic N) is 4. The van der Waals surface area contributed by atoms with Gasteiger partial charge in [-0.3, -0.25) is 15.5 Å². The Bertz CT molecular complexity index is 529. The van der Waals surface area contributed by atoms with Gasteiger partial charge in [0.15, 0.2) is 10.2 Å². The Morgan fingerprint density at radius 1 is 1.53 bits per heavy atom. The van der Waals surface area contributed by atoms with Crippen molar-refractivity contribution in [2.24, 2.45) is 5.84 Å². The fraction of sp³-hybridized carbons (Fsp3) is 0. The third-order valence-corrected chi connectivity index (χ3v) is 2.64. The highest BCUT2D eigenvalue weighted by atomic mass is 32.2. The lowest BCUT2D eigenvalue weighted by Crippen LogP contribution is -2.11. The molecule has 0 saturated carbocycles. The number of nitrogen functional groups attached to an aromatic ring is 1. The van der Waals surface area contributed by atoms with Gasteiger partial charge in [-0.1, -0.05) is 0 Å². The largest absolute Gasteiger partial charge is 0.339 e. The lowest BCUT2D eigenvalue weighted by atomic mass is 10.5. The Morgan fingerprint density at radius 3 is 2.94 bits per heavy atom. The van der Waals surface area contributed by atoms with Gasteiger partial charge in [-0.25, -0.2) is 15.8 Å². The number of aromatic amines is 1. The first-order chi connectivity index (χ1) is 8.20. The summed E-state index contributed by atoms with van der Waals surface area (Å²) in [6, 6.07) is 0. The monoisotopic (exact) mass is 253 g/mol. The van der Waals surface area contributed by atoms with Gasteiger partial charge in [0.2, 0.25) is 5.95 Å². The first kappa shape index (κ1) is 11.3. The number of imidazole rings is 1. The number of aromatic nitrogens is 4. The molecule has 0 amide bonds. The normalized spacial score (nSPS) is 10.2. The van der Waals surface area contributed by atoms with Gasteiger partial charge in [-0.05, 0) is 11.8 Å². The number of nitrogens with one attached hydrogen (secondary N) is 2. The standard InChI is InChI=1S/C7H7N7O2S/c8-13-6-11-3-4(14(15)16)5(12-6)17-7-9-1-2-10-7/h1-3H,8H2,(H,9,10)(H,11,12,13). The third kappa shape index (κ3) is 2.49. The highest BCUT2D eigenvalue weighted by Crippen LogP contribution is 2.30. The summed E-state index contributed by atoms with van der Waals surface area (Å²) in [4.78, 5) is 24.5. The number of hydrazine groups is 1. The molecule has 88 valence electrons. The molecule has 2 heterocycles. The predicted molar refractivity (Wildman–Crippen MR) is 59.2 cm³/mol. The van der Waals surface area contributed by atoms with E-state index in [1.807, 2.05) is 0 Å². The fourth-order valence-corrected chi connectivity index (χ4v) is 1.82. The molecule has 2 rings (SSSR count). The van der Waals surface area contributed by atoms with Crippen molar-refractivity contribution in [1.82, 2.24) is 19.9 Å². The van der Waals surface area contributed by atoms with E-state index in [0.29, 0.717) is 5.16 Å². The molecule has 0 aromatic carbocycles. The van der Waals surface area contributed by atoms with Crippen LogP contribution in [-0.2, 0) is 0 Å². The molecule has 9 nitrogen and oxygen atoms in total. The van der Waals surface area contributed by atoms with Crippen molar-refractivity contribution in [2.75, 3.05) is 5.43 Å². The molecule has 0 aliphatic carbocycles. The lowest BCUT2D eigenvalue weighted by molar-refractivity contribution is -0.388. The molecule has 2 aromatic heterocycles. The van der Waals surface area contributed by atoms with Gasteiger partial charge < -0.3 is 4.98 Å². The van der Waals surface area contributed by atoms with Crippen LogP contribution in [0.4, 0.5) is 11.6 Å². The van der Waals surface area contributed by atoms with Gasteiger partial charge in [0.05, 0.1) is 4.92 Å². The summed E-state index contributed by atoms with van der Waals surface area (Å²) < 4.78 is 0. The van der Waals surface area contributed by atoms with Crippen molar-refractivity contribution in [3.63, 3.8) is 0 Å². The second-order valence-corrected chi connectivity index (χ2v) is 3.76. The minimum absolute atomic E-state index is 0.102. The number of anilines is 1. The predicted octanol–water partition coefficient (Wildman–Crippen LogP) is 0.545. The van der Waals surface area contributed by atoms with Crippen molar-refractivity contribution in [3.8, 4) is 0 Å². The molecule has 0 aliphatic rings. The maximum Gasteiger partial charge on any atom is 0.320 e. The maximum atomic E-state index is 10.8. The molecular weight excluding hydrogens is 246 g/mol. The number of rotatable bonds is 4. The van der Waals surface area contributed by atoms with Crippen LogP contribution in [0.2, 0.25) is 0 Å². The van der Waals surface area contributed by atoms with Gasteiger partial charge in [0.25, 0.3) is 0 Å². The topological polar surface area (TPSA) is 136 Å². The van der Waals surface area contributed by atoms with E-state index in [9.17, 15) is 10.1 Å². The van der Waals surface area contributed by atoms with Crippen LogP contribution in [0.15, 0.2) is 28.8 Å². The molecular formula is C7H7N7O2S. The van der Waals surface area contributed by atoms with Crippen molar-refractivity contribution >= 4 is 23.4 Å². The average molecular weight is 253 g/mol. The van der Waals surface area contributed by atoms with E-state index in [0.717, 1.165) is 18.0 Å². The van der Waals surface area contributed by atoms with Crippen LogP contribution in [0.5, 0.6) is 0 Å². The van der Waals surface area contributed by atoms with Crippen LogP contribution in [0, 0.1) is 10.1 Å². The van der Waals surface area contributed by atoms with E-state index >= 15 is 0 Å². The van der Waals surface area contributed by atoms with Crippen LogP contribution in [-0.4, -0.2) is 24.9 Å². The molecule has 0 fully saturated rings. The van der Waals surface area contributed by atoms with Gasteiger partial charge in [0, 0.05) is 12.4 Å². The van der Waals surface area contributed by atoms with E-state index in [1.165, 1.54) is 6.20 Å². The van der Waals surface area contributed by atoms with E-state index in [1.54, 1.807) is 6.20 Å². The van der Waals surface area contributed by atoms with Gasteiger partial charge in [-0.2, -0.15) is 4.98 Å². The molecule has 4 N–H and O–H groups in total. The smallest absolute Gasteiger partial charge is 0.320 e. The molecule has 0 radical (unpaired) electrons. The van der Waals surface area contributed by atoms with Crippen molar-refractivity contribution in [3.05, 3.63) is 28.7 Å². The van der Waals surface area contributed by atoms with Crippen LogP contribution in [0.3, 0.4) is 0 Å². The number of hydrogen-bond acceptors (Lipinski definition) is 8. The molecule has 0 spiro atoms. The van der Waals surface area contributed by atoms with Gasteiger partial charge in [0.1, 0.15) is 6.20 Å². The molecule has 17 heavy (non-hydrogen) atoms. The minimum Gasteiger partial charge on any atom is -0.339 e. The third-order valence-electron chi connectivity index (χ3n) is 1.73. The fourth-order valence-electron chi connectivity index (χ4n) is 1.03. The quantitative estimate of drug-likeness (QED) is 0.311. The van der Waals surface area contributed by atoms with Gasteiger partial charge >= 0.3 is 5.69 Å². The summed E-state index contributed by atoms with van der Waals surface area (Å²) in [5.74, 6) is 5.24. The summed E-state index contributed by atoms with van der Waals surface area (Å²) in [6.45, 7) is 0. The summed E-state index contributed by atoms with van der Waals surface area (Å²) in [5, 5.41) is 11.4. The van der Waals surface area contributed by atoms with Crippen LogP contribution >= 0.6 is 11.8 Å². The molecule has 0 saturated heterocycles. The molecule has 2 aromatic rings. The summed E-state index contributed by atoms with van der Waals surface area (Å²) in [6.07, 6.45) is 4.24. The Labute approximate surface area is 99.0 Å². The number of nitrogens with two attached hydrogens (primary N) is 1. The zero-order chi connectivity index (χ0) is 12.3. The number of hydrogen-bond donors (Lipinski definition) is 3. The van der Waals surface area contributed by atoms with Crippen LogP contribution < -0.4 is 11.3 Å². The number of H-pyrrole nitrogens is 1. The second-order valence-electron chi connectivity index (χ2n) is 2.78. The SMILES string of the molecule is NNc1ncc([N+](=O)[O-])c(Sc2ncc[nH]2)n1. The molecule has 0 unspecified atom stereocenters. The Hall–Kier alpha value is -2.20. The minimum atomic E-state index is -0.564. The van der Waals surface area contributed by atoms with Crippen molar-refractivity contribution in [2.45, 2.75) is 10.2 Å². The zero-order valence-corrected chi connectivity index (χ0v) is 9.14. The van der Waals surface area contributed by atoms with Crippen molar-refractivity contribution in [1.29, 1.82) is 0 Å². The average Bonchev–Trinajstić information content (AvgIpc) is 2.81. The Morgan fingerprint density at radius 2 is 2.35 bits per heavy atom. The first-order valence-corrected chi connectivity index (χ1v) is 5.17. The molecule has 0 atom stereocenters. The van der Waals surface area contributed by atoms with Crippen molar-refractivity contribution < 1.29 is 4.92 Å². The van der Waals surface area contributed by atoms with E-state index in [-0.39, 0.29) is 16.7 Å². The summed E-state index contributed by atoms with van der Waals surface area (Å²) in [5.41, 5.74) is 2.02.